The van der Waals surface area contributed by atoms with Crippen LogP contribution >= 0.6 is 0 Å². The van der Waals surface area contributed by atoms with Gasteiger partial charge in [0.05, 0.1) is 12.5 Å². The van der Waals surface area contributed by atoms with Crippen molar-refractivity contribution in [2.45, 2.75) is 38.2 Å². The van der Waals surface area contributed by atoms with Crippen LogP contribution in [0.4, 0.5) is 13.6 Å². The molecule has 1 N–H and O–H groups in total. The van der Waals surface area contributed by atoms with Crippen LogP contribution in [0.3, 0.4) is 0 Å². The van der Waals surface area contributed by atoms with Gasteiger partial charge in [-0.05, 0) is 25.7 Å². The zero-order chi connectivity index (χ0) is 17.1. The van der Waals surface area contributed by atoms with Crippen molar-refractivity contribution in [1.29, 1.82) is 0 Å². The Morgan fingerprint density at radius 3 is 2.46 bits per heavy atom. The van der Waals surface area contributed by atoms with Gasteiger partial charge in [-0.25, -0.2) is 13.6 Å². The van der Waals surface area contributed by atoms with E-state index in [1.54, 1.807) is 9.80 Å². The van der Waals surface area contributed by atoms with Gasteiger partial charge in [0.25, 0.3) is 6.43 Å². The molecule has 0 radical (unpaired) electrons. The van der Waals surface area contributed by atoms with Gasteiger partial charge in [-0.3, -0.25) is 9.69 Å². The van der Waals surface area contributed by atoms with Crippen LogP contribution in [-0.2, 0) is 4.79 Å². The van der Waals surface area contributed by atoms with Crippen molar-refractivity contribution in [2.24, 2.45) is 5.92 Å². The molecule has 0 aromatic rings. The summed E-state index contributed by atoms with van der Waals surface area (Å²) in [5.74, 6) is 0.0829. The minimum Gasteiger partial charge on any atom is -0.342 e. The number of hydrogen-bond donors (Lipinski definition) is 1. The highest BCUT2D eigenvalue weighted by Crippen LogP contribution is 2.21. The second kappa shape index (κ2) is 7.63. The predicted octanol–water partition coefficient (Wildman–Crippen LogP) is 0.980. The number of hydrogen-bond acceptors (Lipinski definition) is 3. The van der Waals surface area contributed by atoms with E-state index in [1.165, 1.54) is 0 Å². The van der Waals surface area contributed by atoms with Crippen molar-refractivity contribution in [2.75, 3.05) is 45.8 Å². The lowest BCUT2D eigenvalue weighted by atomic mass is 10.1. The maximum atomic E-state index is 12.4. The minimum atomic E-state index is -2.34. The predicted molar refractivity (Wildman–Crippen MR) is 84.9 cm³/mol. The third kappa shape index (κ3) is 4.15. The van der Waals surface area contributed by atoms with Crippen molar-refractivity contribution < 1.29 is 18.4 Å². The number of nitrogens with one attached hydrogen (secondary N) is 1. The number of likely N-dealkylation sites (tertiary alicyclic amines) is 3. The fourth-order valence-electron chi connectivity index (χ4n) is 3.92. The van der Waals surface area contributed by atoms with Gasteiger partial charge in [-0.15, -0.1) is 0 Å². The lowest BCUT2D eigenvalue weighted by Crippen LogP contribution is -2.45. The molecule has 0 spiro atoms. The van der Waals surface area contributed by atoms with E-state index >= 15 is 0 Å². The van der Waals surface area contributed by atoms with E-state index in [1.807, 2.05) is 4.90 Å². The summed E-state index contributed by atoms with van der Waals surface area (Å²) in [4.78, 5) is 30.0. The molecule has 3 rings (SSSR count). The first-order valence-corrected chi connectivity index (χ1v) is 8.87. The Balaban J connectivity index is 1.42. The molecule has 2 unspecified atom stereocenters. The first kappa shape index (κ1) is 17.4. The Hall–Kier alpha value is -1.44. The molecule has 0 aromatic heterocycles. The molecule has 0 aliphatic carbocycles. The molecule has 3 saturated heterocycles. The van der Waals surface area contributed by atoms with Gasteiger partial charge in [0.2, 0.25) is 5.91 Å². The van der Waals surface area contributed by atoms with Gasteiger partial charge in [0.15, 0.2) is 0 Å². The molecular weight excluding hydrogens is 318 g/mol. The zero-order valence-electron chi connectivity index (χ0n) is 13.9. The quantitative estimate of drug-likeness (QED) is 0.827. The number of urea groups is 1. The van der Waals surface area contributed by atoms with Crippen LogP contribution in [0.25, 0.3) is 0 Å². The van der Waals surface area contributed by atoms with Crippen LogP contribution in [0.1, 0.15) is 25.7 Å². The average Bonchev–Trinajstić information content (AvgIpc) is 3.28. The third-order valence-electron chi connectivity index (χ3n) is 5.24. The second-order valence-electron chi connectivity index (χ2n) is 7.05. The Morgan fingerprint density at radius 1 is 1.00 bits per heavy atom. The van der Waals surface area contributed by atoms with E-state index < -0.39 is 6.43 Å². The molecule has 2 atom stereocenters. The second-order valence-corrected chi connectivity index (χ2v) is 7.05. The summed E-state index contributed by atoms with van der Waals surface area (Å²) in [6, 6.07) is -0.250. The number of carbonyl (C=O) groups is 2. The van der Waals surface area contributed by atoms with Crippen LogP contribution in [0.5, 0.6) is 0 Å². The largest absolute Gasteiger partial charge is 0.342 e. The number of amides is 3. The minimum absolute atomic E-state index is 0.0791. The fraction of sp³-hybridized carbons (Fsp3) is 0.875. The van der Waals surface area contributed by atoms with Crippen LogP contribution in [-0.4, -0.2) is 84.9 Å². The Morgan fingerprint density at radius 2 is 1.75 bits per heavy atom. The molecule has 3 aliphatic rings. The summed E-state index contributed by atoms with van der Waals surface area (Å²) in [5.41, 5.74) is 0. The smallest absolute Gasteiger partial charge is 0.317 e. The third-order valence-corrected chi connectivity index (χ3v) is 5.24. The first-order valence-electron chi connectivity index (χ1n) is 8.87. The lowest BCUT2D eigenvalue weighted by molar-refractivity contribution is -0.133. The highest BCUT2D eigenvalue weighted by molar-refractivity contribution is 5.82. The van der Waals surface area contributed by atoms with E-state index in [4.69, 9.17) is 0 Å². The standard InChI is InChI=1S/C16H26F2N4O2/c17-14(18)11-20-7-4-13(10-20)19-16(24)22-8-3-12(9-22)15(23)21-5-1-2-6-21/h12-14H,1-11H2,(H,19,24). The molecule has 3 amide bonds. The summed E-state index contributed by atoms with van der Waals surface area (Å²) in [7, 11) is 0. The lowest BCUT2D eigenvalue weighted by Gasteiger charge is -2.22. The molecule has 0 aromatic carbocycles. The summed E-state index contributed by atoms with van der Waals surface area (Å²) in [6.07, 6.45) is 1.21. The fourth-order valence-corrected chi connectivity index (χ4v) is 3.92. The maximum Gasteiger partial charge on any atom is 0.317 e. The van der Waals surface area contributed by atoms with Crippen LogP contribution < -0.4 is 5.32 Å². The Kier molecular flexibility index (Phi) is 5.53. The molecule has 3 aliphatic heterocycles. The summed E-state index contributed by atoms with van der Waals surface area (Å²) < 4.78 is 24.8. The van der Waals surface area contributed by atoms with E-state index in [-0.39, 0.29) is 30.4 Å². The van der Waals surface area contributed by atoms with Gasteiger partial charge in [0, 0.05) is 45.3 Å². The number of alkyl halides is 2. The van der Waals surface area contributed by atoms with E-state index in [2.05, 4.69) is 5.32 Å². The van der Waals surface area contributed by atoms with Crippen molar-refractivity contribution in [3.63, 3.8) is 0 Å². The van der Waals surface area contributed by atoms with Crippen molar-refractivity contribution >= 4 is 11.9 Å². The number of nitrogens with zero attached hydrogens (tertiary/aromatic N) is 3. The van der Waals surface area contributed by atoms with E-state index in [0.717, 1.165) is 25.9 Å². The van der Waals surface area contributed by atoms with Gasteiger partial charge in [-0.1, -0.05) is 0 Å². The van der Waals surface area contributed by atoms with Crippen molar-refractivity contribution in [3.05, 3.63) is 0 Å². The van der Waals surface area contributed by atoms with Gasteiger partial charge >= 0.3 is 6.03 Å². The van der Waals surface area contributed by atoms with Crippen LogP contribution in [0.15, 0.2) is 0 Å². The normalized spacial score (nSPS) is 28.1. The molecule has 0 saturated carbocycles. The SMILES string of the molecule is O=C(NC1CCN(CC(F)F)C1)N1CCC(C(=O)N2CCCC2)C1. The van der Waals surface area contributed by atoms with Gasteiger partial charge < -0.3 is 15.1 Å². The molecule has 136 valence electrons. The number of carbonyl (C=O) groups excluding carboxylic acids is 2. The van der Waals surface area contributed by atoms with Crippen molar-refractivity contribution in [3.8, 4) is 0 Å². The van der Waals surface area contributed by atoms with E-state index in [9.17, 15) is 18.4 Å². The molecule has 6 nitrogen and oxygen atoms in total. The molecular formula is C16H26F2N4O2. The van der Waals surface area contributed by atoms with Crippen molar-refractivity contribution in [1.82, 2.24) is 20.0 Å². The maximum absolute atomic E-state index is 12.4. The summed E-state index contributed by atoms with van der Waals surface area (Å²) >= 11 is 0. The Labute approximate surface area is 141 Å². The zero-order valence-corrected chi connectivity index (χ0v) is 13.9. The van der Waals surface area contributed by atoms with Crippen LogP contribution in [0, 0.1) is 5.92 Å². The van der Waals surface area contributed by atoms with E-state index in [0.29, 0.717) is 39.0 Å². The molecule has 0 bridgehead atoms. The summed E-state index contributed by atoms with van der Waals surface area (Å²) in [5, 5.41) is 2.93. The molecule has 3 fully saturated rings. The van der Waals surface area contributed by atoms with Gasteiger partial charge in [-0.2, -0.15) is 0 Å². The monoisotopic (exact) mass is 344 g/mol. The first-order chi connectivity index (χ1) is 11.5. The average molecular weight is 344 g/mol. The highest BCUT2D eigenvalue weighted by Gasteiger charge is 2.35. The number of rotatable bonds is 4. The molecule has 3 heterocycles. The Bertz CT molecular complexity index is 471. The molecule has 24 heavy (non-hydrogen) atoms. The highest BCUT2D eigenvalue weighted by atomic mass is 19.3. The molecule has 8 heteroatoms. The number of halogens is 2. The van der Waals surface area contributed by atoms with Gasteiger partial charge in [0.1, 0.15) is 0 Å². The summed E-state index contributed by atoms with van der Waals surface area (Å²) in [6.45, 7) is 3.55. The topological polar surface area (TPSA) is 55.9 Å². The van der Waals surface area contributed by atoms with Crippen LogP contribution in [0.2, 0.25) is 0 Å².